The zero-order valence-corrected chi connectivity index (χ0v) is 20.1. The van der Waals surface area contributed by atoms with Crippen molar-refractivity contribution in [3.8, 4) is 10.6 Å². The number of nitrogens with one attached hydrogen (secondary N) is 2. The summed E-state index contributed by atoms with van der Waals surface area (Å²) in [6.07, 6.45) is 3.34. The number of aryl methyl sites for hydroxylation is 1. The smallest absolute Gasteiger partial charge is 0.225 e. The van der Waals surface area contributed by atoms with E-state index < -0.39 is 12.2 Å². The lowest BCUT2D eigenvalue weighted by Crippen LogP contribution is -2.29. The minimum absolute atomic E-state index is 0.0416. The largest absolute Gasteiger partial charge is 0.396 e. The van der Waals surface area contributed by atoms with E-state index in [2.05, 4.69) is 20.6 Å². The molecule has 10 heteroatoms. The van der Waals surface area contributed by atoms with Gasteiger partial charge in [0.2, 0.25) is 5.95 Å². The van der Waals surface area contributed by atoms with Gasteiger partial charge in [-0.15, -0.1) is 11.3 Å². The fraction of sp³-hybridized carbons (Fsp3) is 0.360. The Morgan fingerprint density at radius 2 is 1.94 bits per heavy atom. The number of rotatable bonds is 8. The third kappa shape index (κ3) is 5.10. The fourth-order valence-corrected chi connectivity index (χ4v) is 5.51. The van der Waals surface area contributed by atoms with Crippen LogP contribution in [0.5, 0.6) is 0 Å². The number of benzene rings is 1. The molecular weight excluding hydrogens is 464 g/mol. The van der Waals surface area contributed by atoms with Crippen molar-refractivity contribution in [2.24, 2.45) is 5.92 Å². The van der Waals surface area contributed by atoms with Gasteiger partial charge in [0.15, 0.2) is 0 Å². The summed E-state index contributed by atoms with van der Waals surface area (Å²) in [5, 5.41) is 38.0. The Kier molecular flexibility index (Phi) is 6.87. The minimum Gasteiger partial charge on any atom is -0.396 e. The summed E-state index contributed by atoms with van der Waals surface area (Å²) in [6, 6.07) is 11.1. The average molecular weight is 493 g/mol. The van der Waals surface area contributed by atoms with Crippen LogP contribution < -0.4 is 10.6 Å². The van der Waals surface area contributed by atoms with E-state index in [0.29, 0.717) is 24.6 Å². The molecule has 4 atom stereocenters. The van der Waals surface area contributed by atoms with Crippen molar-refractivity contribution in [2.45, 2.75) is 38.0 Å². The van der Waals surface area contributed by atoms with Crippen LogP contribution in [0.2, 0.25) is 0 Å². The van der Waals surface area contributed by atoms with E-state index in [-0.39, 0.29) is 25.1 Å². The molecular formula is C25H28N6O3S. The Labute approximate surface area is 207 Å². The zero-order valence-electron chi connectivity index (χ0n) is 19.3. The van der Waals surface area contributed by atoms with Crippen LogP contribution in [0.1, 0.15) is 30.2 Å². The maximum Gasteiger partial charge on any atom is 0.225 e. The van der Waals surface area contributed by atoms with Crippen LogP contribution in [0.25, 0.3) is 20.8 Å². The number of pyridine rings is 1. The Bertz CT molecular complexity index is 1270. The molecule has 182 valence electrons. The molecule has 4 aromatic rings. The second-order valence-corrected chi connectivity index (χ2v) is 9.89. The molecule has 1 aliphatic carbocycles. The minimum atomic E-state index is -0.713. The number of thiazole rings is 1. The number of hydrogen-bond acceptors (Lipinski definition) is 10. The number of aliphatic hydroxyl groups excluding tert-OH is 3. The average Bonchev–Trinajstić information content (AvgIpc) is 3.45. The van der Waals surface area contributed by atoms with Crippen LogP contribution in [0.4, 0.5) is 11.8 Å². The van der Waals surface area contributed by atoms with Crippen LogP contribution in [0.3, 0.4) is 0 Å². The predicted octanol–water partition coefficient (Wildman–Crippen LogP) is 3.15. The summed E-state index contributed by atoms with van der Waals surface area (Å²) in [4.78, 5) is 18.3. The lowest BCUT2D eigenvalue weighted by molar-refractivity contribution is 0.157. The summed E-state index contributed by atoms with van der Waals surface area (Å²) in [5.74, 6) is 0.975. The van der Waals surface area contributed by atoms with E-state index in [1.54, 1.807) is 12.4 Å². The molecule has 5 N–H and O–H groups in total. The number of fused-ring (bicyclic) bond motifs is 1. The number of nitrogens with zero attached hydrogens (tertiary/aromatic N) is 4. The quantitative estimate of drug-likeness (QED) is 0.251. The molecule has 0 radical (unpaired) electrons. The van der Waals surface area contributed by atoms with Crippen molar-refractivity contribution >= 4 is 33.3 Å². The third-order valence-electron chi connectivity index (χ3n) is 6.34. The van der Waals surface area contributed by atoms with E-state index in [1.807, 2.05) is 43.3 Å². The van der Waals surface area contributed by atoms with Crippen molar-refractivity contribution in [3.05, 3.63) is 60.0 Å². The fourth-order valence-electron chi connectivity index (χ4n) is 4.48. The summed E-state index contributed by atoms with van der Waals surface area (Å²) in [6.45, 7) is 2.18. The lowest BCUT2D eigenvalue weighted by Gasteiger charge is -2.21. The number of aliphatic hydroxyl groups is 3. The molecule has 3 aromatic heterocycles. The van der Waals surface area contributed by atoms with Gasteiger partial charge in [-0.05, 0) is 37.3 Å². The SMILES string of the molecule is Cc1nc(NCC(O)c2ccccc2)nc(N[C@@H]2C[C@H](CO)C[C@H]2O)c1-c1nc2cnccc2s1. The molecule has 1 aromatic carbocycles. The van der Waals surface area contributed by atoms with Gasteiger partial charge in [-0.3, -0.25) is 4.98 Å². The van der Waals surface area contributed by atoms with E-state index in [0.717, 1.165) is 32.0 Å². The van der Waals surface area contributed by atoms with Crippen LogP contribution >= 0.6 is 11.3 Å². The predicted molar refractivity (Wildman–Crippen MR) is 136 cm³/mol. The molecule has 0 bridgehead atoms. The van der Waals surface area contributed by atoms with Crippen LogP contribution in [0, 0.1) is 12.8 Å². The van der Waals surface area contributed by atoms with Crippen molar-refractivity contribution < 1.29 is 15.3 Å². The molecule has 1 fully saturated rings. The number of aromatic nitrogens is 4. The summed E-state index contributed by atoms with van der Waals surface area (Å²) in [7, 11) is 0. The van der Waals surface area contributed by atoms with Gasteiger partial charge in [-0.1, -0.05) is 30.3 Å². The Morgan fingerprint density at radius 1 is 1.11 bits per heavy atom. The van der Waals surface area contributed by atoms with E-state index in [9.17, 15) is 15.3 Å². The number of hydrogen-bond donors (Lipinski definition) is 5. The zero-order chi connectivity index (χ0) is 24.4. The van der Waals surface area contributed by atoms with Gasteiger partial charge in [0.05, 0.1) is 40.4 Å². The summed E-state index contributed by atoms with van der Waals surface area (Å²) < 4.78 is 1.01. The summed E-state index contributed by atoms with van der Waals surface area (Å²) in [5.41, 5.74) is 3.09. The first-order valence-corrected chi connectivity index (χ1v) is 12.5. The van der Waals surface area contributed by atoms with E-state index >= 15 is 0 Å². The van der Waals surface area contributed by atoms with E-state index in [1.165, 1.54) is 11.3 Å². The molecule has 0 amide bonds. The molecule has 1 unspecified atom stereocenters. The Morgan fingerprint density at radius 3 is 2.69 bits per heavy atom. The molecule has 35 heavy (non-hydrogen) atoms. The second kappa shape index (κ2) is 10.2. The highest BCUT2D eigenvalue weighted by Gasteiger charge is 2.33. The van der Waals surface area contributed by atoms with Gasteiger partial charge in [-0.25, -0.2) is 9.97 Å². The maximum absolute atomic E-state index is 10.6. The van der Waals surface area contributed by atoms with E-state index in [4.69, 9.17) is 9.97 Å². The van der Waals surface area contributed by atoms with Gasteiger partial charge in [0.1, 0.15) is 16.3 Å². The Hall–Kier alpha value is -3.18. The molecule has 5 rings (SSSR count). The number of anilines is 2. The lowest BCUT2D eigenvalue weighted by atomic mass is 10.1. The third-order valence-corrected chi connectivity index (χ3v) is 7.39. The molecule has 9 nitrogen and oxygen atoms in total. The summed E-state index contributed by atoms with van der Waals surface area (Å²) >= 11 is 1.53. The topological polar surface area (TPSA) is 136 Å². The standard InChI is InChI=1S/C25H28N6O3S/c1-14-22(24-30-18-11-26-8-7-21(18)35-24)23(29-17-9-15(13-32)10-19(17)33)31-25(28-14)27-12-20(34)16-5-3-2-4-6-16/h2-8,11,15,17,19-20,32-34H,9-10,12-13H2,1H3,(H2,27,28,29,31)/t15-,17+,19+,20?/m0/s1. The van der Waals surface area contributed by atoms with Crippen molar-refractivity contribution in [1.29, 1.82) is 0 Å². The highest BCUT2D eigenvalue weighted by atomic mass is 32.1. The molecule has 3 heterocycles. The molecule has 1 saturated carbocycles. The van der Waals surface area contributed by atoms with Gasteiger partial charge in [0, 0.05) is 19.3 Å². The first kappa shape index (κ1) is 23.6. The van der Waals surface area contributed by atoms with Crippen molar-refractivity contribution in [2.75, 3.05) is 23.8 Å². The first-order chi connectivity index (χ1) is 17.0. The highest BCUT2D eigenvalue weighted by molar-refractivity contribution is 7.21. The monoisotopic (exact) mass is 492 g/mol. The van der Waals surface area contributed by atoms with Gasteiger partial charge < -0.3 is 26.0 Å². The molecule has 0 saturated heterocycles. The Balaban J connectivity index is 1.47. The highest BCUT2D eigenvalue weighted by Crippen LogP contribution is 2.37. The molecule has 0 spiro atoms. The molecule has 1 aliphatic rings. The first-order valence-electron chi connectivity index (χ1n) is 11.6. The van der Waals surface area contributed by atoms with Gasteiger partial charge in [-0.2, -0.15) is 4.98 Å². The maximum atomic E-state index is 10.6. The van der Waals surface area contributed by atoms with Crippen molar-refractivity contribution in [1.82, 2.24) is 19.9 Å². The van der Waals surface area contributed by atoms with Crippen LogP contribution in [0.15, 0.2) is 48.8 Å². The van der Waals surface area contributed by atoms with Crippen LogP contribution in [-0.4, -0.2) is 60.6 Å². The van der Waals surface area contributed by atoms with Crippen molar-refractivity contribution in [3.63, 3.8) is 0 Å². The second-order valence-electron chi connectivity index (χ2n) is 8.86. The molecule has 0 aliphatic heterocycles. The van der Waals surface area contributed by atoms with Gasteiger partial charge >= 0.3 is 0 Å². The normalized spacial score (nSPS) is 20.7. The van der Waals surface area contributed by atoms with Crippen LogP contribution in [-0.2, 0) is 0 Å². The van der Waals surface area contributed by atoms with Gasteiger partial charge in [0.25, 0.3) is 0 Å².